The third-order valence-corrected chi connectivity index (χ3v) is 3.94. The first-order valence-electron chi connectivity index (χ1n) is 7.83. The molecule has 1 aromatic carbocycles. The fraction of sp³-hybridized carbons (Fsp3) is 0.333. The first-order valence-corrected chi connectivity index (χ1v) is 7.83. The number of fused-ring (bicyclic) bond motifs is 3. The zero-order chi connectivity index (χ0) is 18.2. The number of hydrogen-bond donors (Lipinski definition) is 1. The van der Waals surface area contributed by atoms with Crippen molar-refractivity contribution in [3.63, 3.8) is 0 Å². The van der Waals surface area contributed by atoms with Crippen molar-refractivity contribution in [1.82, 2.24) is 15.5 Å². The van der Waals surface area contributed by atoms with Crippen LogP contribution >= 0.6 is 0 Å². The van der Waals surface area contributed by atoms with E-state index in [0.29, 0.717) is 16.8 Å². The average molecular weight is 341 g/mol. The van der Waals surface area contributed by atoms with Gasteiger partial charge in [-0.25, -0.2) is 4.79 Å². The van der Waals surface area contributed by atoms with Gasteiger partial charge in [-0.2, -0.15) is 10.2 Å². The molecule has 0 spiro atoms. The zero-order valence-electron chi connectivity index (χ0n) is 14.5. The normalized spacial score (nSPS) is 13.9. The van der Waals surface area contributed by atoms with Crippen LogP contribution in [0.1, 0.15) is 31.9 Å². The number of benzene rings is 1. The minimum atomic E-state index is -0.644. The van der Waals surface area contributed by atoms with Crippen molar-refractivity contribution in [2.24, 2.45) is 5.41 Å². The molecule has 0 aliphatic carbocycles. The van der Waals surface area contributed by atoms with E-state index in [0.717, 1.165) is 10.9 Å². The van der Waals surface area contributed by atoms with Gasteiger partial charge in [-0.05, 0) is 6.07 Å². The Kier molecular flexibility index (Phi) is 4.16. The largest absolute Gasteiger partial charge is 0.480 e. The summed E-state index contributed by atoms with van der Waals surface area (Å²) < 4.78 is 10.4. The van der Waals surface area contributed by atoms with Gasteiger partial charge in [0.1, 0.15) is 12.1 Å². The van der Waals surface area contributed by atoms with Gasteiger partial charge in [0.15, 0.2) is 0 Å². The number of carbonyl (C=O) groups is 2. The molecular formula is C18H19N3O4. The van der Waals surface area contributed by atoms with E-state index in [9.17, 15) is 9.59 Å². The van der Waals surface area contributed by atoms with Crippen molar-refractivity contribution >= 4 is 28.5 Å². The van der Waals surface area contributed by atoms with Crippen LogP contribution in [-0.4, -0.2) is 29.2 Å². The van der Waals surface area contributed by atoms with Gasteiger partial charge in [-0.15, -0.1) is 0 Å². The average Bonchev–Trinajstić information content (AvgIpc) is 2.60. The number of rotatable bonds is 2. The number of methoxy groups -OCH3 is 1. The molecule has 130 valence electrons. The fourth-order valence-electron chi connectivity index (χ4n) is 2.51. The van der Waals surface area contributed by atoms with Crippen molar-refractivity contribution in [2.75, 3.05) is 7.11 Å². The third kappa shape index (κ3) is 3.05. The van der Waals surface area contributed by atoms with Gasteiger partial charge in [0.25, 0.3) is 0 Å². The monoisotopic (exact) mass is 341 g/mol. The predicted octanol–water partition coefficient (Wildman–Crippen LogP) is 2.16. The van der Waals surface area contributed by atoms with Gasteiger partial charge >= 0.3 is 5.97 Å². The first-order chi connectivity index (χ1) is 11.8. The number of esters is 1. The van der Waals surface area contributed by atoms with Crippen molar-refractivity contribution in [2.45, 2.75) is 27.4 Å². The lowest BCUT2D eigenvalue weighted by Crippen LogP contribution is -2.36. The number of hydrogen-bond acceptors (Lipinski definition) is 6. The van der Waals surface area contributed by atoms with Gasteiger partial charge in [0.2, 0.25) is 11.7 Å². The van der Waals surface area contributed by atoms with Crippen LogP contribution < -0.4 is 5.32 Å². The van der Waals surface area contributed by atoms with Crippen molar-refractivity contribution in [1.29, 1.82) is 0 Å². The number of nitrogens with zero attached hydrogens (tertiary/aromatic N) is 2. The Morgan fingerprint density at radius 2 is 2.00 bits per heavy atom. The Balaban J connectivity index is 2.18. The molecule has 0 radical (unpaired) electrons. The quantitative estimate of drug-likeness (QED) is 0.842. The van der Waals surface area contributed by atoms with Gasteiger partial charge in [-0.1, -0.05) is 32.9 Å². The predicted molar refractivity (Wildman–Crippen MR) is 90.9 cm³/mol. The van der Waals surface area contributed by atoms with Crippen molar-refractivity contribution in [3.8, 4) is 0 Å². The summed E-state index contributed by atoms with van der Waals surface area (Å²) in [6.07, 6.45) is 1.61. The summed E-state index contributed by atoms with van der Waals surface area (Å²) in [7, 11) is 1.27. The number of carbonyl (C=O) groups excluding carboxylic acids is 2. The lowest BCUT2D eigenvalue weighted by Gasteiger charge is -2.26. The van der Waals surface area contributed by atoms with Crippen LogP contribution in [0, 0.1) is 5.41 Å². The van der Waals surface area contributed by atoms with Crippen LogP contribution in [0.25, 0.3) is 16.6 Å². The molecule has 0 saturated heterocycles. The number of amides is 1. The molecule has 1 aliphatic heterocycles. The molecule has 0 unspecified atom stereocenters. The van der Waals surface area contributed by atoms with Gasteiger partial charge in [0.05, 0.1) is 19.0 Å². The minimum absolute atomic E-state index is 0.0177. The molecule has 1 aliphatic rings. The standard InChI is InChI=1S/C18H19N3O4/c1-18(2,3)17(23)20-14-11-6-5-10-7-8-19-21-13(10)12(11)9-25-15(14)16(22)24-4/h5-8H,9H2,1-4H3,(H,20,23). The highest BCUT2D eigenvalue weighted by molar-refractivity contribution is 6.02. The molecule has 7 heteroatoms. The van der Waals surface area contributed by atoms with Gasteiger partial charge in [0, 0.05) is 21.9 Å². The lowest BCUT2D eigenvalue weighted by atomic mass is 9.93. The second kappa shape index (κ2) is 6.16. The molecule has 0 saturated carbocycles. The third-order valence-electron chi connectivity index (χ3n) is 3.94. The highest BCUT2D eigenvalue weighted by atomic mass is 16.6. The Labute approximate surface area is 145 Å². The summed E-state index contributed by atoms with van der Waals surface area (Å²) in [4.78, 5) is 24.6. The topological polar surface area (TPSA) is 90.4 Å². The second-order valence-corrected chi connectivity index (χ2v) is 6.75. The molecule has 1 aromatic heterocycles. The summed E-state index contributed by atoms with van der Waals surface area (Å²) in [6, 6.07) is 5.55. The van der Waals surface area contributed by atoms with Crippen LogP contribution in [-0.2, 0) is 25.7 Å². The summed E-state index contributed by atoms with van der Waals surface area (Å²) in [5.41, 5.74) is 1.77. The van der Waals surface area contributed by atoms with Crippen LogP contribution in [0.4, 0.5) is 0 Å². The molecule has 3 rings (SSSR count). The van der Waals surface area contributed by atoms with E-state index in [1.165, 1.54) is 7.11 Å². The molecular weight excluding hydrogens is 322 g/mol. The Morgan fingerprint density at radius 1 is 1.24 bits per heavy atom. The SMILES string of the molecule is COC(=O)C1=C(NC(=O)C(C)(C)C)c2ccc3ccnnc3c2CO1. The lowest BCUT2D eigenvalue weighted by molar-refractivity contribution is -0.140. The van der Waals surface area contributed by atoms with E-state index < -0.39 is 11.4 Å². The molecule has 0 bridgehead atoms. The first kappa shape index (κ1) is 16.9. The summed E-state index contributed by atoms with van der Waals surface area (Å²) >= 11 is 0. The van der Waals surface area contributed by atoms with Crippen LogP contribution in [0.2, 0.25) is 0 Å². The number of nitrogens with one attached hydrogen (secondary N) is 1. The molecule has 1 N–H and O–H groups in total. The highest BCUT2D eigenvalue weighted by Crippen LogP contribution is 2.33. The summed E-state index contributed by atoms with van der Waals surface area (Å²) in [5.74, 6) is -0.899. The van der Waals surface area contributed by atoms with E-state index in [2.05, 4.69) is 15.5 Å². The Morgan fingerprint density at radius 3 is 2.68 bits per heavy atom. The summed E-state index contributed by atoms with van der Waals surface area (Å²) in [5, 5.41) is 11.8. The maximum Gasteiger partial charge on any atom is 0.375 e. The minimum Gasteiger partial charge on any atom is -0.480 e. The van der Waals surface area contributed by atoms with E-state index in [1.54, 1.807) is 27.0 Å². The van der Waals surface area contributed by atoms with E-state index in [4.69, 9.17) is 9.47 Å². The van der Waals surface area contributed by atoms with E-state index in [-0.39, 0.29) is 18.3 Å². The maximum absolute atomic E-state index is 12.5. The highest BCUT2D eigenvalue weighted by Gasteiger charge is 2.31. The van der Waals surface area contributed by atoms with Crippen molar-refractivity contribution in [3.05, 3.63) is 41.3 Å². The number of ether oxygens (including phenoxy) is 2. The smallest absolute Gasteiger partial charge is 0.375 e. The molecule has 0 atom stereocenters. The fourth-order valence-corrected chi connectivity index (χ4v) is 2.51. The second-order valence-electron chi connectivity index (χ2n) is 6.75. The molecule has 25 heavy (non-hydrogen) atoms. The molecule has 2 aromatic rings. The maximum atomic E-state index is 12.5. The zero-order valence-corrected chi connectivity index (χ0v) is 14.5. The number of aromatic nitrogens is 2. The van der Waals surface area contributed by atoms with Crippen molar-refractivity contribution < 1.29 is 19.1 Å². The molecule has 1 amide bonds. The van der Waals surface area contributed by atoms with Crippen LogP contribution in [0.5, 0.6) is 0 Å². The van der Waals surface area contributed by atoms with E-state index >= 15 is 0 Å². The van der Waals surface area contributed by atoms with Crippen LogP contribution in [0.3, 0.4) is 0 Å². The molecule has 0 fully saturated rings. The Hall–Kier alpha value is -2.96. The molecule has 7 nitrogen and oxygen atoms in total. The molecule has 2 heterocycles. The van der Waals surface area contributed by atoms with Gasteiger partial charge in [-0.3, -0.25) is 4.79 Å². The Bertz CT molecular complexity index is 897. The van der Waals surface area contributed by atoms with E-state index in [1.807, 2.05) is 18.2 Å². The van der Waals surface area contributed by atoms with Crippen LogP contribution in [0.15, 0.2) is 30.2 Å². The summed E-state index contributed by atoms with van der Waals surface area (Å²) in [6.45, 7) is 5.51. The van der Waals surface area contributed by atoms with Gasteiger partial charge < -0.3 is 14.8 Å².